The summed E-state index contributed by atoms with van der Waals surface area (Å²) in [6.07, 6.45) is -0.583. The summed E-state index contributed by atoms with van der Waals surface area (Å²) in [5.41, 5.74) is 1.77. The van der Waals surface area contributed by atoms with Gasteiger partial charge < -0.3 is 4.74 Å². The Morgan fingerprint density at radius 2 is 1.90 bits per heavy atom. The number of anilines is 1. The standard InChI is InChI=1S/C23H20ClFN2O3/c1-12-3-2-4-18(26-12)27-20(13-5-7-14(24)8-6-13)19-21(28)16-11-15(25)9-10-17(16)30-22(19)23(27)29/h2-8,15-17,20H,9-11H2,1H3. The van der Waals surface area contributed by atoms with E-state index >= 15 is 0 Å². The third-order valence-corrected chi connectivity index (χ3v) is 6.34. The Labute approximate surface area is 178 Å². The van der Waals surface area contributed by atoms with Gasteiger partial charge in [-0.2, -0.15) is 0 Å². The Morgan fingerprint density at radius 1 is 1.13 bits per heavy atom. The van der Waals surface area contributed by atoms with E-state index in [-0.39, 0.29) is 18.0 Å². The molecule has 0 radical (unpaired) electrons. The predicted octanol–water partition coefficient (Wildman–Crippen LogP) is 4.49. The topological polar surface area (TPSA) is 59.5 Å². The highest BCUT2D eigenvalue weighted by Crippen LogP contribution is 2.48. The Bertz CT molecular complexity index is 1070. The monoisotopic (exact) mass is 426 g/mol. The van der Waals surface area contributed by atoms with E-state index in [1.165, 1.54) is 4.90 Å². The van der Waals surface area contributed by atoms with Gasteiger partial charge in [0.1, 0.15) is 18.1 Å². The Balaban J connectivity index is 1.65. The van der Waals surface area contributed by atoms with Crippen LogP contribution in [-0.2, 0) is 14.3 Å². The summed E-state index contributed by atoms with van der Waals surface area (Å²) in [7, 11) is 0. The highest BCUT2D eigenvalue weighted by Gasteiger charge is 2.53. The van der Waals surface area contributed by atoms with Crippen molar-refractivity contribution in [3.63, 3.8) is 0 Å². The molecular weight excluding hydrogens is 407 g/mol. The maximum Gasteiger partial charge on any atom is 0.295 e. The summed E-state index contributed by atoms with van der Waals surface area (Å²) in [5, 5.41) is 0.552. The molecule has 2 aromatic rings. The molecule has 5 nitrogen and oxygen atoms in total. The van der Waals surface area contributed by atoms with Crippen LogP contribution in [0.5, 0.6) is 0 Å². The molecule has 0 spiro atoms. The van der Waals surface area contributed by atoms with Crippen LogP contribution < -0.4 is 4.90 Å². The summed E-state index contributed by atoms with van der Waals surface area (Å²) in [6, 6.07) is 11.7. The van der Waals surface area contributed by atoms with Crippen molar-refractivity contribution in [1.29, 1.82) is 0 Å². The van der Waals surface area contributed by atoms with E-state index in [9.17, 15) is 14.0 Å². The van der Waals surface area contributed by atoms with Crippen LogP contribution >= 0.6 is 11.6 Å². The third-order valence-electron chi connectivity index (χ3n) is 6.09. The molecule has 1 aliphatic carbocycles. The average molecular weight is 427 g/mol. The average Bonchev–Trinajstić information content (AvgIpc) is 3.02. The van der Waals surface area contributed by atoms with Crippen LogP contribution in [-0.4, -0.2) is 29.0 Å². The molecule has 4 atom stereocenters. The minimum Gasteiger partial charge on any atom is -0.483 e. The molecule has 3 heterocycles. The summed E-state index contributed by atoms with van der Waals surface area (Å²) in [6.45, 7) is 1.84. The molecule has 1 fully saturated rings. The first-order chi connectivity index (χ1) is 14.4. The molecule has 0 bridgehead atoms. The maximum absolute atomic E-state index is 14.1. The fourth-order valence-corrected chi connectivity index (χ4v) is 4.80. The predicted molar refractivity (Wildman–Crippen MR) is 110 cm³/mol. The largest absolute Gasteiger partial charge is 0.483 e. The second-order valence-corrected chi connectivity index (χ2v) is 8.48. The number of benzene rings is 1. The third kappa shape index (κ3) is 3.01. The van der Waals surface area contributed by atoms with Crippen LogP contribution in [0.3, 0.4) is 0 Å². The number of ketones is 1. The first kappa shape index (κ1) is 19.2. The zero-order valence-electron chi connectivity index (χ0n) is 16.3. The van der Waals surface area contributed by atoms with E-state index in [2.05, 4.69) is 4.98 Å². The van der Waals surface area contributed by atoms with Crippen LogP contribution in [0.1, 0.15) is 36.6 Å². The molecule has 0 saturated heterocycles. The van der Waals surface area contributed by atoms with Gasteiger partial charge in [0.05, 0.1) is 17.5 Å². The van der Waals surface area contributed by atoms with Crippen LogP contribution in [0.15, 0.2) is 53.8 Å². The molecule has 1 aromatic heterocycles. The molecular formula is C23H20ClFN2O3. The molecule has 154 valence electrons. The number of aromatic nitrogens is 1. The number of halogens is 2. The quantitative estimate of drug-likeness (QED) is 0.709. The number of carbonyl (C=O) groups is 2. The van der Waals surface area contributed by atoms with Crippen LogP contribution in [0, 0.1) is 12.8 Å². The number of fused-ring (bicyclic) bond motifs is 1. The molecule has 1 amide bonds. The molecule has 1 aromatic carbocycles. The van der Waals surface area contributed by atoms with Gasteiger partial charge in [-0.3, -0.25) is 14.5 Å². The SMILES string of the molecule is Cc1cccc(N2C(=O)C3=C(C(=O)C4CC(F)CCC4O3)C2c2ccc(Cl)cc2)n1. The van der Waals surface area contributed by atoms with Crippen molar-refractivity contribution in [2.24, 2.45) is 5.92 Å². The first-order valence-electron chi connectivity index (χ1n) is 10.1. The van der Waals surface area contributed by atoms with Gasteiger partial charge in [-0.05, 0) is 56.0 Å². The fraction of sp³-hybridized carbons (Fsp3) is 0.348. The number of hydrogen-bond donors (Lipinski definition) is 0. The number of carbonyl (C=O) groups excluding carboxylic acids is 2. The molecule has 3 aliphatic rings. The molecule has 7 heteroatoms. The highest BCUT2D eigenvalue weighted by atomic mass is 35.5. The molecule has 5 rings (SSSR count). The number of alkyl halides is 1. The smallest absolute Gasteiger partial charge is 0.295 e. The van der Waals surface area contributed by atoms with Crippen molar-refractivity contribution in [3.05, 3.63) is 70.1 Å². The summed E-state index contributed by atoms with van der Waals surface area (Å²) in [5.74, 6) is -0.649. The van der Waals surface area contributed by atoms with E-state index in [1.807, 2.05) is 19.1 Å². The lowest BCUT2D eigenvalue weighted by atomic mass is 9.77. The van der Waals surface area contributed by atoms with Crippen LogP contribution in [0.2, 0.25) is 5.02 Å². The molecule has 0 N–H and O–H groups in total. The van der Waals surface area contributed by atoms with Crippen molar-refractivity contribution in [2.45, 2.75) is 44.5 Å². The summed E-state index contributed by atoms with van der Waals surface area (Å²) >= 11 is 6.06. The first-order valence-corrected chi connectivity index (χ1v) is 10.4. The normalized spacial score (nSPS) is 28.3. The van der Waals surface area contributed by atoms with Crippen molar-refractivity contribution in [3.8, 4) is 0 Å². The van der Waals surface area contributed by atoms with Crippen molar-refractivity contribution < 1.29 is 18.7 Å². The number of nitrogens with zero attached hydrogens (tertiary/aromatic N) is 2. The molecule has 1 saturated carbocycles. The van der Waals surface area contributed by atoms with Crippen molar-refractivity contribution in [1.82, 2.24) is 4.98 Å². The number of hydrogen-bond acceptors (Lipinski definition) is 4. The zero-order valence-corrected chi connectivity index (χ0v) is 17.1. The van der Waals surface area contributed by atoms with E-state index in [0.29, 0.717) is 29.3 Å². The number of amides is 1. The summed E-state index contributed by atoms with van der Waals surface area (Å²) < 4.78 is 20.1. The van der Waals surface area contributed by atoms with E-state index in [0.717, 1.165) is 11.3 Å². The van der Waals surface area contributed by atoms with Crippen LogP contribution in [0.4, 0.5) is 10.2 Å². The van der Waals surface area contributed by atoms with E-state index in [1.54, 1.807) is 30.3 Å². The van der Waals surface area contributed by atoms with Gasteiger partial charge in [-0.25, -0.2) is 9.37 Å². The number of pyridine rings is 1. The number of aryl methyl sites for hydroxylation is 1. The zero-order chi connectivity index (χ0) is 21.0. The second-order valence-electron chi connectivity index (χ2n) is 8.05. The maximum atomic E-state index is 14.1. The highest BCUT2D eigenvalue weighted by molar-refractivity contribution is 6.30. The minimum atomic E-state index is -1.03. The van der Waals surface area contributed by atoms with Gasteiger partial charge in [0.25, 0.3) is 5.91 Å². The van der Waals surface area contributed by atoms with Gasteiger partial charge in [-0.1, -0.05) is 29.8 Å². The van der Waals surface area contributed by atoms with Crippen LogP contribution in [0.25, 0.3) is 0 Å². The lowest BCUT2D eigenvalue weighted by Gasteiger charge is -2.36. The molecule has 2 aliphatic heterocycles. The van der Waals surface area contributed by atoms with Crippen molar-refractivity contribution >= 4 is 29.1 Å². The van der Waals surface area contributed by atoms with Gasteiger partial charge in [-0.15, -0.1) is 0 Å². The summed E-state index contributed by atoms with van der Waals surface area (Å²) in [4.78, 5) is 32.9. The van der Waals surface area contributed by atoms with Crippen molar-refractivity contribution in [2.75, 3.05) is 4.90 Å². The van der Waals surface area contributed by atoms with E-state index in [4.69, 9.17) is 16.3 Å². The Kier molecular flexibility index (Phi) is 4.62. The number of Topliss-reactive ketones (excluding diaryl/α,β-unsaturated/α-hetero) is 1. The second kappa shape index (κ2) is 7.20. The van der Waals surface area contributed by atoms with Gasteiger partial charge in [0.2, 0.25) is 0 Å². The van der Waals surface area contributed by atoms with Gasteiger partial charge in [0.15, 0.2) is 11.5 Å². The number of ether oxygens (including phenoxy) is 1. The lowest BCUT2D eigenvalue weighted by Crippen LogP contribution is -2.42. The van der Waals surface area contributed by atoms with Gasteiger partial charge >= 0.3 is 0 Å². The Morgan fingerprint density at radius 3 is 2.63 bits per heavy atom. The number of rotatable bonds is 2. The Hall–Kier alpha value is -2.73. The minimum absolute atomic E-state index is 0.0711. The molecule has 4 unspecified atom stereocenters. The lowest BCUT2D eigenvalue weighted by molar-refractivity contribution is -0.133. The van der Waals surface area contributed by atoms with E-state index < -0.39 is 30.1 Å². The fourth-order valence-electron chi connectivity index (χ4n) is 4.68. The van der Waals surface area contributed by atoms with Gasteiger partial charge in [0, 0.05) is 10.7 Å². The molecule has 30 heavy (non-hydrogen) atoms.